The minimum absolute atomic E-state index is 0.00300. The molecule has 2 aliphatic rings. The Bertz CT molecular complexity index is 816. The Labute approximate surface area is 145 Å². The molecule has 0 spiro atoms. The molecular formula is C18H20N4O3. The molecule has 1 fully saturated rings. The molecule has 4 rings (SSSR count). The Balaban J connectivity index is 1.55. The van der Waals surface area contributed by atoms with Crippen molar-refractivity contribution in [1.29, 1.82) is 0 Å². The Kier molecular flexibility index (Phi) is 3.99. The van der Waals surface area contributed by atoms with E-state index in [1.165, 1.54) is 0 Å². The fourth-order valence-corrected chi connectivity index (χ4v) is 3.71. The Morgan fingerprint density at radius 1 is 1.36 bits per heavy atom. The molecule has 3 heterocycles. The molecule has 0 radical (unpaired) electrons. The lowest BCUT2D eigenvalue weighted by atomic mass is 9.88. The summed E-state index contributed by atoms with van der Waals surface area (Å²) in [5, 5.41) is 6.69. The van der Waals surface area contributed by atoms with Gasteiger partial charge in [-0.3, -0.25) is 9.59 Å². The van der Waals surface area contributed by atoms with E-state index in [4.69, 9.17) is 4.52 Å². The van der Waals surface area contributed by atoms with E-state index in [-0.39, 0.29) is 24.2 Å². The largest absolute Gasteiger partial charge is 0.341 e. The molecule has 0 unspecified atom stereocenters. The number of amides is 2. The smallest absolute Gasteiger partial charge is 0.231 e. The summed E-state index contributed by atoms with van der Waals surface area (Å²) in [6.07, 6.45) is 2.00. The highest BCUT2D eigenvalue weighted by Crippen LogP contribution is 2.35. The van der Waals surface area contributed by atoms with Gasteiger partial charge in [0.2, 0.25) is 17.7 Å². The molecule has 7 nitrogen and oxygen atoms in total. The number of aromatic nitrogens is 2. The number of carbonyl (C=O) groups excluding carboxylic acids is 2. The minimum atomic E-state index is -0.423. The second-order valence-corrected chi connectivity index (χ2v) is 6.70. The minimum Gasteiger partial charge on any atom is -0.341 e. The number of anilines is 1. The fraction of sp³-hybridized carbons (Fsp3) is 0.444. The van der Waals surface area contributed by atoms with Gasteiger partial charge in [-0.05, 0) is 31.4 Å². The second-order valence-electron chi connectivity index (χ2n) is 6.70. The molecule has 1 saturated heterocycles. The van der Waals surface area contributed by atoms with E-state index in [1.54, 1.807) is 6.92 Å². The first kappa shape index (κ1) is 15.8. The van der Waals surface area contributed by atoms with Crippen LogP contribution in [0.25, 0.3) is 0 Å². The summed E-state index contributed by atoms with van der Waals surface area (Å²) in [5.41, 5.74) is 1.63. The van der Waals surface area contributed by atoms with Gasteiger partial charge in [0, 0.05) is 25.2 Å². The zero-order chi connectivity index (χ0) is 17.4. The lowest BCUT2D eigenvalue weighted by Crippen LogP contribution is -2.43. The topological polar surface area (TPSA) is 88.3 Å². The standard InChI is InChI=1S/C18H20N4O3/c1-11-19-17(25-21-11)12-5-4-8-22(10-12)18(24)14-9-16(23)20-15-7-3-2-6-13(14)15/h2-3,6-7,12,14H,4-5,8-10H2,1H3,(H,20,23)/t12-,14+/m1/s1. The maximum Gasteiger partial charge on any atom is 0.231 e. The van der Waals surface area contributed by atoms with Crippen molar-refractivity contribution < 1.29 is 14.1 Å². The number of benzene rings is 1. The van der Waals surface area contributed by atoms with Gasteiger partial charge in [0.05, 0.1) is 11.8 Å². The van der Waals surface area contributed by atoms with Crippen LogP contribution in [-0.2, 0) is 9.59 Å². The van der Waals surface area contributed by atoms with Gasteiger partial charge in [0.1, 0.15) is 0 Å². The van der Waals surface area contributed by atoms with Crippen molar-refractivity contribution in [2.45, 2.75) is 38.0 Å². The number of carbonyl (C=O) groups is 2. The Hall–Kier alpha value is -2.70. The van der Waals surface area contributed by atoms with Crippen molar-refractivity contribution in [3.05, 3.63) is 41.5 Å². The number of rotatable bonds is 2. The van der Waals surface area contributed by atoms with Gasteiger partial charge in [-0.15, -0.1) is 0 Å². The van der Waals surface area contributed by atoms with Crippen LogP contribution in [0.4, 0.5) is 5.69 Å². The van der Waals surface area contributed by atoms with Crippen molar-refractivity contribution in [2.24, 2.45) is 0 Å². The maximum atomic E-state index is 13.1. The molecule has 1 N–H and O–H groups in total. The summed E-state index contributed by atoms with van der Waals surface area (Å²) in [7, 11) is 0. The van der Waals surface area contributed by atoms with Gasteiger partial charge in [-0.2, -0.15) is 4.98 Å². The molecule has 2 aromatic rings. The van der Waals surface area contributed by atoms with Crippen LogP contribution in [0.5, 0.6) is 0 Å². The Morgan fingerprint density at radius 2 is 2.20 bits per heavy atom. The van der Waals surface area contributed by atoms with Crippen molar-refractivity contribution in [2.75, 3.05) is 18.4 Å². The first-order valence-corrected chi connectivity index (χ1v) is 8.59. The van der Waals surface area contributed by atoms with Gasteiger partial charge in [-0.1, -0.05) is 23.4 Å². The molecule has 25 heavy (non-hydrogen) atoms. The number of para-hydroxylation sites is 1. The molecule has 0 saturated carbocycles. The van der Waals surface area contributed by atoms with Crippen LogP contribution < -0.4 is 5.32 Å². The van der Waals surface area contributed by atoms with E-state index in [2.05, 4.69) is 15.5 Å². The van der Waals surface area contributed by atoms with Crippen molar-refractivity contribution in [3.8, 4) is 0 Å². The maximum absolute atomic E-state index is 13.1. The van der Waals surface area contributed by atoms with Crippen LogP contribution >= 0.6 is 0 Å². The van der Waals surface area contributed by atoms with Gasteiger partial charge < -0.3 is 14.7 Å². The van der Waals surface area contributed by atoms with Crippen molar-refractivity contribution in [1.82, 2.24) is 15.0 Å². The summed E-state index contributed by atoms with van der Waals surface area (Å²) in [4.78, 5) is 31.3. The van der Waals surface area contributed by atoms with Gasteiger partial charge in [0.25, 0.3) is 0 Å². The van der Waals surface area contributed by atoms with Crippen LogP contribution in [0.1, 0.15) is 48.4 Å². The summed E-state index contributed by atoms with van der Waals surface area (Å²) >= 11 is 0. The molecular weight excluding hydrogens is 320 g/mol. The zero-order valence-electron chi connectivity index (χ0n) is 14.1. The van der Waals surface area contributed by atoms with Gasteiger partial charge in [-0.25, -0.2) is 0 Å². The fourth-order valence-electron chi connectivity index (χ4n) is 3.71. The van der Waals surface area contributed by atoms with Gasteiger partial charge >= 0.3 is 0 Å². The van der Waals surface area contributed by atoms with E-state index in [1.807, 2.05) is 29.2 Å². The molecule has 0 bridgehead atoms. The highest BCUT2D eigenvalue weighted by Gasteiger charge is 2.36. The van der Waals surface area contributed by atoms with Crippen molar-refractivity contribution >= 4 is 17.5 Å². The Morgan fingerprint density at radius 3 is 3.00 bits per heavy atom. The SMILES string of the molecule is Cc1noc([C@@H]2CCCN(C(=O)[C@H]3CC(=O)Nc4ccccc43)C2)n1. The molecule has 2 atom stereocenters. The third-order valence-corrected chi connectivity index (χ3v) is 4.92. The number of fused-ring (bicyclic) bond motifs is 1. The number of piperidine rings is 1. The summed E-state index contributed by atoms with van der Waals surface area (Å²) < 4.78 is 5.29. The van der Waals surface area contributed by atoms with E-state index in [9.17, 15) is 9.59 Å². The lowest BCUT2D eigenvalue weighted by Gasteiger charge is -2.35. The van der Waals surface area contributed by atoms with Crippen LogP contribution in [0.3, 0.4) is 0 Å². The number of nitrogens with zero attached hydrogens (tertiary/aromatic N) is 3. The average Bonchev–Trinajstić information content (AvgIpc) is 3.07. The summed E-state index contributed by atoms with van der Waals surface area (Å²) in [6, 6.07) is 7.52. The number of nitrogens with one attached hydrogen (secondary N) is 1. The third-order valence-electron chi connectivity index (χ3n) is 4.92. The monoisotopic (exact) mass is 340 g/mol. The van der Waals surface area contributed by atoms with E-state index in [0.717, 1.165) is 24.1 Å². The molecule has 0 aliphatic carbocycles. The van der Waals surface area contributed by atoms with E-state index >= 15 is 0 Å². The molecule has 2 aliphatic heterocycles. The van der Waals surface area contributed by atoms with Gasteiger partial charge in [0.15, 0.2) is 5.82 Å². The molecule has 130 valence electrons. The quantitative estimate of drug-likeness (QED) is 0.905. The molecule has 7 heteroatoms. The highest BCUT2D eigenvalue weighted by molar-refractivity contribution is 6.01. The first-order chi connectivity index (χ1) is 12.1. The van der Waals surface area contributed by atoms with Crippen molar-refractivity contribution in [3.63, 3.8) is 0 Å². The van der Waals surface area contributed by atoms with E-state index in [0.29, 0.717) is 24.8 Å². The number of hydrogen-bond acceptors (Lipinski definition) is 5. The lowest BCUT2D eigenvalue weighted by molar-refractivity contribution is -0.136. The molecule has 2 amide bonds. The first-order valence-electron chi connectivity index (χ1n) is 8.59. The van der Waals surface area contributed by atoms with E-state index < -0.39 is 5.92 Å². The van der Waals surface area contributed by atoms with Crippen LogP contribution in [0.15, 0.2) is 28.8 Å². The molecule has 1 aromatic heterocycles. The zero-order valence-corrected chi connectivity index (χ0v) is 14.1. The number of hydrogen-bond donors (Lipinski definition) is 1. The number of likely N-dealkylation sites (tertiary alicyclic amines) is 1. The third kappa shape index (κ3) is 3.01. The highest BCUT2D eigenvalue weighted by atomic mass is 16.5. The van der Waals surface area contributed by atoms with Crippen LogP contribution in [0, 0.1) is 6.92 Å². The average molecular weight is 340 g/mol. The summed E-state index contributed by atoms with van der Waals surface area (Å²) in [6.45, 7) is 3.04. The van der Waals surface area contributed by atoms with Crippen LogP contribution in [0.2, 0.25) is 0 Å². The predicted octanol–water partition coefficient (Wildman–Crippen LogP) is 2.21. The second kappa shape index (κ2) is 6.31. The molecule has 1 aromatic carbocycles. The normalized spacial score (nSPS) is 23.1. The predicted molar refractivity (Wildman–Crippen MR) is 90.0 cm³/mol. The number of aryl methyl sites for hydroxylation is 1. The summed E-state index contributed by atoms with van der Waals surface area (Å²) in [5.74, 6) is 0.731. The van der Waals surface area contributed by atoms with Crippen LogP contribution in [-0.4, -0.2) is 39.9 Å².